The number of hydrogen-bond donors (Lipinski definition) is 3. The van der Waals surface area contributed by atoms with E-state index in [4.69, 9.17) is 0 Å². The Kier molecular flexibility index (Phi) is 6.15. The van der Waals surface area contributed by atoms with Crippen LogP contribution in [-0.2, 0) is 11.2 Å². The highest BCUT2D eigenvalue weighted by Gasteiger charge is 2.39. The first-order valence-corrected chi connectivity index (χ1v) is 12.9. The molecule has 1 unspecified atom stereocenters. The predicted molar refractivity (Wildman–Crippen MR) is 145 cm³/mol. The Labute approximate surface area is 220 Å². The minimum absolute atomic E-state index is 0.0467. The number of carbonyl (C=O) groups excluding carboxylic acids is 2. The van der Waals surface area contributed by atoms with Crippen molar-refractivity contribution < 1.29 is 14.0 Å². The van der Waals surface area contributed by atoms with Gasteiger partial charge in [-0.1, -0.05) is 30.3 Å². The highest BCUT2D eigenvalue weighted by atomic mass is 19.1. The number of pyridine rings is 1. The molecular weight excluding hydrogens is 481 g/mol. The van der Waals surface area contributed by atoms with Crippen LogP contribution in [0, 0.1) is 5.82 Å². The molecule has 0 spiro atoms. The summed E-state index contributed by atoms with van der Waals surface area (Å²) in [6, 6.07) is 19.7. The maximum absolute atomic E-state index is 13.6. The zero-order valence-electron chi connectivity index (χ0n) is 21.0. The second-order valence-corrected chi connectivity index (χ2v) is 9.89. The van der Waals surface area contributed by atoms with Crippen molar-refractivity contribution in [1.82, 2.24) is 14.9 Å². The van der Waals surface area contributed by atoms with Crippen molar-refractivity contribution >= 4 is 29.0 Å². The summed E-state index contributed by atoms with van der Waals surface area (Å²) in [5.41, 5.74) is 5.47. The van der Waals surface area contributed by atoms with Gasteiger partial charge in [-0.15, -0.1) is 0 Å². The number of carbonyl (C=O) groups is 2. The minimum Gasteiger partial charge on any atom is -0.356 e. The second-order valence-electron chi connectivity index (χ2n) is 9.89. The number of nitrogens with one attached hydrogen (secondary N) is 3. The summed E-state index contributed by atoms with van der Waals surface area (Å²) in [6.07, 6.45) is 4.51. The van der Waals surface area contributed by atoms with Gasteiger partial charge in [0, 0.05) is 42.1 Å². The molecule has 38 heavy (non-hydrogen) atoms. The number of halogens is 1. The third-order valence-electron chi connectivity index (χ3n) is 7.25. The predicted octanol–water partition coefficient (Wildman–Crippen LogP) is 5.86. The van der Waals surface area contributed by atoms with Crippen LogP contribution in [-0.4, -0.2) is 39.3 Å². The molecule has 1 aliphatic heterocycles. The van der Waals surface area contributed by atoms with Crippen molar-refractivity contribution in [1.29, 1.82) is 0 Å². The van der Waals surface area contributed by atoms with Gasteiger partial charge in [0.1, 0.15) is 11.6 Å². The van der Waals surface area contributed by atoms with Crippen LogP contribution in [0.15, 0.2) is 72.9 Å². The molecule has 3 N–H and O–H groups in total. The van der Waals surface area contributed by atoms with Gasteiger partial charge in [0.05, 0.1) is 22.9 Å². The topological polar surface area (TPSA) is 90.1 Å². The van der Waals surface area contributed by atoms with Gasteiger partial charge in [-0.25, -0.2) is 9.37 Å². The number of aromatic amines is 1. The highest BCUT2D eigenvalue weighted by molar-refractivity contribution is 6.06. The van der Waals surface area contributed by atoms with Crippen molar-refractivity contribution in [2.75, 3.05) is 17.2 Å². The largest absolute Gasteiger partial charge is 0.356 e. The molecule has 3 heterocycles. The second kappa shape index (κ2) is 9.78. The van der Waals surface area contributed by atoms with Gasteiger partial charge in [0.2, 0.25) is 5.91 Å². The molecule has 7 nitrogen and oxygen atoms in total. The first-order valence-electron chi connectivity index (χ1n) is 12.9. The Morgan fingerprint density at radius 1 is 1.11 bits per heavy atom. The van der Waals surface area contributed by atoms with Crippen molar-refractivity contribution in [2.45, 2.75) is 38.1 Å². The molecule has 0 saturated heterocycles. The molecule has 1 aliphatic carbocycles. The van der Waals surface area contributed by atoms with Crippen molar-refractivity contribution in [2.24, 2.45) is 0 Å². The summed E-state index contributed by atoms with van der Waals surface area (Å²) in [7, 11) is 0. The third kappa shape index (κ3) is 4.65. The van der Waals surface area contributed by atoms with Crippen LogP contribution in [0.2, 0.25) is 0 Å². The first kappa shape index (κ1) is 23.9. The summed E-state index contributed by atoms with van der Waals surface area (Å²) in [4.78, 5) is 36.4. The van der Waals surface area contributed by atoms with Crippen molar-refractivity contribution in [3.05, 3.63) is 95.6 Å². The van der Waals surface area contributed by atoms with Crippen LogP contribution >= 0.6 is 0 Å². The maximum atomic E-state index is 13.6. The number of fused-ring (bicyclic) bond motifs is 1. The molecule has 2 aliphatic rings. The molecule has 0 bridgehead atoms. The number of hydrogen-bond acceptors (Lipinski definition) is 4. The van der Waals surface area contributed by atoms with Gasteiger partial charge in [-0.3, -0.25) is 9.59 Å². The van der Waals surface area contributed by atoms with E-state index in [1.54, 1.807) is 31.3 Å². The smallest absolute Gasteiger partial charge is 0.258 e. The molecular formula is C30H28FN5O2. The van der Waals surface area contributed by atoms with Crippen LogP contribution in [0.5, 0.6) is 0 Å². The van der Waals surface area contributed by atoms with E-state index >= 15 is 0 Å². The molecule has 2 aromatic heterocycles. The Balaban J connectivity index is 1.33. The lowest BCUT2D eigenvalue weighted by atomic mass is 10.0. The average Bonchev–Trinajstić information content (AvgIpc) is 3.71. The fraction of sp³-hybridized carbons (Fsp3) is 0.233. The Hall–Kier alpha value is -4.46. The van der Waals surface area contributed by atoms with E-state index in [0.717, 1.165) is 47.6 Å². The van der Waals surface area contributed by atoms with Crippen molar-refractivity contribution in [3.63, 3.8) is 0 Å². The normalized spacial score (nSPS) is 15.6. The molecule has 2 amide bonds. The Bertz CT molecular complexity index is 1500. The van der Waals surface area contributed by atoms with E-state index in [1.807, 2.05) is 41.3 Å². The third-order valence-corrected chi connectivity index (χ3v) is 7.25. The van der Waals surface area contributed by atoms with E-state index in [2.05, 4.69) is 20.6 Å². The number of H-pyrrole nitrogens is 1. The molecule has 1 fully saturated rings. The molecule has 1 atom stereocenters. The van der Waals surface area contributed by atoms with Crippen LogP contribution < -0.4 is 10.6 Å². The number of para-hydroxylation sites is 1. The van der Waals surface area contributed by atoms with Crippen LogP contribution in [0.25, 0.3) is 11.3 Å². The zero-order valence-corrected chi connectivity index (χ0v) is 21.0. The molecule has 192 valence electrons. The van der Waals surface area contributed by atoms with Crippen molar-refractivity contribution in [3.8, 4) is 11.3 Å². The van der Waals surface area contributed by atoms with E-state index in [9.17, 15) is 14.0 Å². The lowest BCUT2D eigenvalue weighted by molar-refractivity contribution is -0.117. The maximum Gasteiger partial charge on any atom is 0.258 e. The minimum atomic E-state index is -0.486. The van der Waals surface area contributed by atoms with Gasteiger partial charge in [0.25, 0.3) is 5.91 Å². The van der Waals surface area contributed by atoms with E-state index < -0.39 is 5.92 Å². The number of aromatic nitrogens is 2. The number of nitrogens with zero attached hydrogens (tertiary/aromatic N) is 2. The summed E-state index contributed by atoms with van der Waals surface area (Å²) in [5, 5.41) is 6.36. The number of benzene rings is 2. The molecule has 8 heteroatoms. The fourth-order valence-electron chi connectivity index (χ4n) is 4.99. The number of amides is 2. The van der Waals surface area contributed by atoms with Gasteiger partial charge in [-0.05, 0) is 61.7 Å². The van der Waals surface area contributed by atoms with E-state index in [1.165, 1.54) is 12.1 Å². The van der Waals surface area contributed by atoms with E-state index in [-0.39, 0.29) is 17.6 Å². The van der Waals surface area contributed by atoms with Gasteiger partial charge >= 0.3 is 0 Å². The molecule has 0 radical (unpaired) electrons. The average molecular weight is 510 g/mol. The summed E-state index contributed by atoms with van der Waals surface area (Å²) in [5.74, 6) is -0.635. The quantitative estimate of drug-likeness (QED) is 0.291. The van der Waals surface area contributed by atoms with E-state index in [0.29, 0.717) is 29.5 Å². The monoisotopic (exact) mass is 509 g/mol. The molecule has 4 aromatic rings. The summed E-state index contributed by atoms with van der Waals surface area (Å²) in [6.45, 7) is 2.48. The lowest BCUT2D eigenvalue weighted by Gasteiger charge is -2.27. The number of rotatable bonds is 7. The van der Waals surface area contributed by atoms with Crippen LogP contribution in [0.4, 0.5) is 21.6 Å². The van der Waals surface area contributed by atoms with Gasteiger partial charge < -0.3 is 20.5 Å². The molecule has 2 aromatic carbocycles. The zero-order chi connectivity index (χ0) is 26.2. The van der Waals surface area contributed by atoms with Crippen LogP contribution in [0.3, 0.4) is 0 Å². The fourth-order valence-corrected chi connectivity index (χ4v) is 4.99. The number of anilines is 3. The Morgan fingerprint density at radius 3 is 2.61 bits per heavy atom. The standard InChI is InChI=1S/C30H28FN5O2/c1-18(19-7-9-21(31)10-8-19)29(37)35-25-17-20(13-15-32-25)27-28(33-22-5-3-2-4-6-22)26-24(34-27)14-16-36(30(26)38)23-11-12-23/h2-10,13,15,17-18,23,33-34H,11-12,14,16H2,1H3,(H,32,35,37). The summed E-state index contributed by atoms with van der Waals surface area (Å²) < 4.78 is 13.3. The molecule has 1 saturated carbocycles. The van der Waals surface area contributed by atoms with Gasteiger partial charge in [-0.2, -0.15) is 0 Å². The molecule has 6 rings (SSSR count). The summed E-state index contributed by atoms with van der Waals surface area (Å²) >= 11 is 0. The first-order chi connectivity index (χ1) is 18.5. The van der Waals surface area contributed by atoms with Crippen LogP contribution in [0.1, 0.15) is 47.3 Å². The lowest BCUT2D eigenvalue weighted by Crippen LogP contribution is -2.39. The highest BCUT2D eigenvalue weighted by Crippen LogP contribution is 2.40. The SMILES string of the molecule is CC(C(=O)Nc1cc(-c2[nH]c3c(c2Nc2ccccc2)C(=O)N(C2CC2)CC3)ccn1)c1ccc(F)cc1. The Morgan fingerprint density at radius 2 is 1.87 bits per heavy atom. The van der Waals surface area contributed by atoms with Gasteiger partial charge in [0.15, 0.2) is 0 Å².